The molecule has 0 radical (unpaired) electrons. The Kier molecular flexibility index (Phi) is 5.18. The van der Waals surface area contributed by atoms with Crippen LogP contribution in [0, 0.1) is 5.92 Å². The van der Waals surface area contributed by atoms with Crippen molar-refractivity contribution in [2.45, 2.75) is 13.3 Å². The lowest BCUT2D eigenvalue weighted by atomic mass is 10.1. The maximum Gasteiger partial charge on any atom is 0.380 e. The topological polar surface area (TPSA) is 63.6 Å². The van der Waals surface area contributed by atoms with Crippen molar-refractivity contribution >= 4 is 34.5 Å². The summed E-state index contributed by atoms with van der Waals surface area (Å²) in [6.07, 6.45) is -3.27. The van der Waals surface area contributed by atoms with Crippen LogP contribution in [0.15, 0.2) is 0 Å². The molecule has 0 saturated carbocycles. The van der Waals surface area contributed by atoms with Crippen LogP contribution in [0.25, 0.3) is 0 Å². The third-order valence-corrected chi connectivity index (χ3v) is 2.28. The first-order chi connectivity index (χ1) is 5.33. The van der Waals surface area contributed by atoms with E-state index >= 15 is 0 Å². The lowest BCUT2D eigenvalue weighted by molar-refractivity contribution is -0.141. The minimum absolute atomic E-state index is 0.0161. The van der Waals surface area contributed by atoms with E-state index in [9.17, 15) is 9.36 Å². The quantitative estimate of drug-likeness (QED) is 0.744. The van der Waals surface area contributed by atoms with Gasteiger partial charge in [0.25, 0.3) is 0 Å². The predicted octanol–water partition coefficient (Wildman–Crippen LogP) is 2.70. The molecule has 72 valence electrons. The summed E-state index contributed by atoms with van der Waals surface area (Å²) in [6, 6.07) is 0. The lowest BCUT2D eigenvalue weighted by Crippen LogP contribution is -2.11. The Morgan fingerprint density at radius 2 is 2.17 bits per heavy atom. The molecule has 1 unspecified atom stereocenters. The third kappa shape index (κ3) is 6.92. The van der Waals surface area contributed by atoms with E-state index in [2.05, 4.69) is 4.52 Å². The first-order valence-corrected chi connectivity index (χ1v) is 6.63. The fraction of sp³-hybridized carbons (Fsp3) is 0.800. The maximum absolute atomic E-state index is 10.5. The van der Waals surface area contributed by atoms with Crippen molar-refractivity contribution in [3.05, 3.63) is 0 Å². The van der Waals surface area contributed by atoms with Crippen molar-refractivity contribution < 1.29 is 19.0 Å². The molecule has 0 spiro atoms. The van der Waals surface area contributed by atoms with Gasteiger partial charge in [-0.15, -0.1) is 0 Å². The predicted molar refractivity (Wildman–Crippen MR) is 46.7 cm³/mol. The van der Waals surface area contributed by atoms with E-state index in [4.69, 9.17) is 27.6 Å². The zero-order chi connectivity index (χ0) is 9.78. The van der Waals surface area contributed by atoms with Gasteiger partial charge in [0, 0.05) is 0 Å². The molecule has 0 aliphatic carbocycles. The van der Waals surface area contributed by atoms with E-state index in [-0.39, 0.29) is 13.0 Å². The van der Waals surface area contributed by atoms with Gasteiger partial charge in [-0.2, -0.15) is 0 Å². The molecule has 0 amide bonds. The molecule has 7 heteroatoms. The van der Waals surface area contributed by atoms with Crippen LogP contribution in [-0.2, 0) is 13.9 Å². The van der Waals surface area contributed by atoms with Gasteiger partial charge in [0.05, 0.1) is 12.5 Å². The van der Waals surface area contributed by atoms with Crippen LogP contribution in [0.4, 0.5) is 0 Å². The van der Waals surface area contributed by atoms with E-state index < -0.39 is 18.0 Å². The fourth-order valence-electron chi connectivity index (χ4n) is 0.459. The summed E-state index contributed by atoms with van der Waals surface area (Å²) >= 11 is 10.1. The van der Waals surface area contributed by atoms with Crippen LogP contribution in [-0.4, -0.2) is 17.7 Å². The average molecular weight is 235 g/mol. The third-order valence-electron chi connectivity index (χ3n) is 1.21. The van der Waals surface area contributed by atoms with Crippen LogP contribution >= 0.6 is 28.6 Å². The molecule has 12 heavy (non-hydrogen) atoms. The maximum atomic E-state index is 10.5. The van der Waals surface area contributed by atoms with Gasteiger partial charge in [-0.25, -0.2) is 0 Å². The molecule has 1 atom stereocenters. The summed E-state index contributed by atoms with van der Waals surface area (Å²) in [5.74, 6) is -1.48. The molecule has 0 aromatic heterocycles. The van der Waals surface area contributed by atoms with Crippen molar-refractivity contribution in [3.63, 3.8) is 0 Å². The molecule has 0 fully saturated rings. The lowest BCUT2D eigenvalue weighted by Gasteiger charge is -2.06. The van der Waals surface area contributed by atoms with Crippen molar-refractivity contribution in [2.24, 2.45) is 5.92 Å². The number of carbonyl (C=O) groups is 1. The first kappa shape index (κ1) is 12.2. The summed E-state index contributed by atoms with van der Waals surface area (Å²) < 4.78 is 15.0. The van der Waals surface area contributed by atoms with Gasteiger partial charge in [0.15, 0.2) is 0 Å². The van der Waals surface area contributed by atoms with Gasteiger partial charge >= 0.3 is 12.0 Å². The van der Waals surface area contributed by atoms with Crippen molar-refractivity contribution in [3.8, 4) is 0 Å². The summed E-state index contributed by atoms with van der Waals surface area (Å²) in [5.41, 5.74) is 0. The van der Waals surface area contributed by atoms with Crippen molar-refractivity contribution in [2.75, 3.05) is 6.61 Å². The highest BCUT2D eigenvalue weighted by Crippen LogP contribution is 2.57. The Hall–Kier alpha value is 0.240. The zero-order valence-electron chi connectivity index (χ0n) is 6.37. The Morgan fingerprint density at radius 1 is 1.67 bits per heavy atom. The number of hydrogen-bond acceptors (Lipinski definition) is 3. The smallest absolute Gasteiger partial charge is 0.380 e. The molecule has 1 N–H and O–H groups in total. The largest absolute Gasteiger partial charge is 0.481 e. The normalized spacial score (nSPS) is 14.2. The van der Waals surface area contributed by atoms with Gasteiger partial charge in [0.2, 0.25) is 0 Å². The number of carboxylic acids is 1. The van der Waals surface area contributed by atoms with Crippen LogP contribution < -0.4 is 0 Å². The molecule has 0 heterocycles. The SMILES string of the molecule is CC(CCOP(=O)(Cl)Cl)C(=O)O. The average Bonchev–Trinajstić information content (AvgIpc) is 1.84. The Bertz CT molecular complexity index is 202. The summed E-state index contributed by atoms with van der Waals surface area (Å²) in [6.45, 7) is 1.50. The number of rotatable bonds is 5. The molecule has 4 nitrogen and oxygen atoms in total. The van der Waals surface area contributed by atoms with Crippen LogP contribution in [0.2, 0.25) is 0 Å². The first-order valence-electron chi connectivity index (χ1n) is 3.19. The molecule has 0 aromatic rings. The van der Waals surface area contributed by atoms with Gasteiger partial charge in [0.1, 0.15) is 0 Å². The van der Waals surface area contributed by atoms with Crippen molar-refractivity contribution in [1.82, 2.24) is 0 Å². The monoisotopic (exact) mass is 234 g/mol. The zero-order valence-corrected chi connectivity index (χ0v) is 8.77. The van der Waals surface area contributed by atoms with Crippen LogP contribution in [0.3, 0.4) is 0 Å². The van der Waals surface area contributed by atoms with Gasteiger partial charge in [-0.1, -0.05) is 6.92 Å². The van der Waals surface area contributed by atoms with E-state index in [1.54, 1.807) is 0 Å². The van der Waals surface area contributed by atoms with Gasteiger partial charge in [-0.3, -0.25) is 9.36 Å². The van der Waals surface area contributed by atoms with E-state index in [1.165, 1.54) is 6.92 Å². The molecule has 0 saturated heterocycles. The Balaban J connectivity index is 3.58. The highest BCUT2D eigenvalue weighted by atomic mass is 35.9. The standard InChI is InChI=1S/C5H9Cl2O4P/c1-4(5(8)9)2-3-11-12(6,7)10/h4H,2-3H2,1H3,(H,8,9). The Labute approximate surface area is 79.8 Å². The van der Waals surface area contributed by atoms with Gasteiger partial charge < -0.3 is 9.63 Å². The number of carboxylic acid groups (broad SMARTS) is 1. The summed E-state index contributed by atoms with van der Waals surface area (Å²) in [4.78, 5) is 10.3. The van der Waals surface area contributed by atoms with E-state index in [0.29, 0.717) is 0 Å². The second-order valence-electron chi connectivity index (χ2n) is 2.28. The fourth-order valence-corrected chi connectivity index (χ4v) is 1.19. The Morgan fingerprint density at radius 3 is 2.50 bits per heavy atom. The van der Waals surface area contributed by atoms with E-state index in [1.807, 2.05) is 0 Å². The summed E-state index contributed by atoms with van der Waals surface area (Å²) in [5, 5.41) is 8.42. The number of hydrogen-bond donors (Lipinski definition) is 1. The summed E-state index contributed by atoms with van der Waals surface area (Å²) in [7, 11) is 0. The molecule has 0 aliphatic heterocycles. The van der Waals surface area contributed by atoms with Crippen molar-refractivity contribution in [1.29, 1.82) is 0 Å². The highest BCUT2D eigenvalue weighted by molar-refractivity contribution is 8.05. The van der Waals surface area contributed by atoms with Crippen LogP contribution in [0.1, 0.15) is 13.3 Å². The minimum Gasteiger partial charge on any atom is -0.481 e. The molecule has 0 bridgehead atoms. The second-order valence-corrected chi connectivity index (χ2v) is 6.55. The van der Waals surface area contributed by atoms with E-state index in [0.717, 1.165) is 0 Å². The minimum atomic E-state index is -3.50. The molecule has 0 aliphatic rings. The highest BCUT2D eigenvalue weighted by Gasteiger charge is 2.16. The molecule has 0 aromatic carbocycles. The molecule has 0 rings (SSSR count). The number of halogens is 2. The number of aliphatic carboxylic acids is 1. The van der Waals surface area contributed by atoms with Crippen LogP contribution in [0.5, 0.6) is 0 Å². The second kappa shape index (κ2) is 5.07. The molecular weight excluding hydrogens is 226 g/mol. The molecular formula is C5H9Cl2O4P. The van der Waals surface area contributed by atoms with Gasteiger partial charge in [-0.05, 0) is 28.9 Å².